The fourth-order valence-corrected chi connectivity index (χ4v) is 3.19. The van der Waals surface area contributed by atoms with Crippen molar-refractivity contribution in [2.45, 2.75) is 19.8 Å². The molecule has 0 radical (unpaired) electrons. The summed E-state index contributed by atoms with van der Waals surface area (Å²) >= 11 is 12.3. The Bertz CT molecular complexity index is 965. The van der Waals surface area contributed by atoms with Crippen molar-refractivity contribution in [1.82, 2.24) is 0 Å². The summed E-state index contributed by atoms with van der Waals surface area (Å²) in [4.78, 5) is 31.4. The van der Waals surface area contributed by atoms with E-state index in [1.165, 1.54) is 19.1 Å². The maximum atomic E-state index is 13.1. The Kier molecular flexibility index (Phi) is 7.87. The first-order valence-electron chi connectivity index (χ1n) is 8.52. The van der Waals surface area contributed by atoms with Crippen LogP contribution in [0.4, 0.5) is 10.1 Å². The number of carbonyl (C=O) groups is 2. The number of benzene rings is 2. The van der Waals surface area contributed by atoms with Gasteiger partial charge in [0.05, 0.1) is 27.9 Å². The van der Waals surface area contributed by atoms with Gasteiger partial charge in [-0.1, -0.05) is 35.3 Å². The van der Waals surface area contributed by atoms with E-state index in [0.29, 0.717) is 22.5 Å². The molecule has 0 fully saturated rings. The van der Waals surface area contributed by atoms with Crippen LogP contribution >= 0.6 is 23.2 Å². The van der Waals surface area contributed by atoms with E-state index in [1.54, 1.807) is 31.3 Å². The van der Waals surface area contributed by atoms with Gasteiger partial charge in [0, 0.05) is 20.4 Å². The second-order valence-electron chi connectivity index (χ2n) is 6.14. The summed E-state index contributed by atoms with van der Waals surface area (Å²) in [5.41, 5.74) is 7.92. The van der Waals surface area contributed by atoms with Gasteiger partial charge >= 0.3 is 0 Å². The number of hydrogen-bond donors (Lipinski definition) is 2. The number of amidine groups is 1. The predicted octanol–water partition coefficient (Wildman–Crippen LogP) is 4.03. The lowest BCUT2D eigenvalue weighted by molar-refractivity contribution is -0.116. The molecule has 0 saturated carbocycles. The number of aliphatic imine (C=N–C) groups is 2. The number of rotatable bonds is 6. The highest BCUT2D eigenvalue weighted by Crippen LogP contribution is 2.32. The SMILES string of the molecule is C/N=C(\CC(=O)/N=C(\N)Cc1cc(Cl)c(NC(C)=O)c(Cl)c1)c1ccc(F)cc1. The first-order valence-corrected chi connectivity index (χ1v) is 9.28. The number of nitrogens with zero attached hydrogens (tertiary/aromatic N) is 2. The highest BCUT2D eigenvalue weighted by atomic mass is 35.5. The molecule has 0 aliphatic rings. The topological polar surface area (TPSA) is 96.9 Å². The molecule has 0 aliphatic heterocycles. The average molecular weight is 437 g/mol. The second kappa shape index (κ2) is 10.1. The lowest BCUT2D eigenvalue weighted by Gasteiger charge is -2.10. The third kappa shape index (κ3) is 6.66. The van der Waals surface area contributed by atoms with Crippen LogP contribution < -0.4 is 11.1 Å². The Morgan fingerprint density at radius 2 is 1.72 bits per heavy atom. The van der Waals surface area contributed by atoms with Crippen molar-refractivity contribution in [3.63, 3.8) is 0 Å². The Hall–Kier alpha value is -2.77. The molecule has 0 spiro atoms. The first-order chi connectivity index (χ1) is 13.7. The van der Waals surface area contributed by atoms with E-state index in [2.05, 4.69) is 15.3 Å². The molecule has 3 N–H and O–H groups in total. The molecule has 0 heterocycles. The lowest BCUT2D eigenvalue weighted by atomic mass is 10.1. The monoisotopic (exact) mass is 436 g/mol. The molecular formula is C20H19Cl2FN4O2. The van der Waals surface area contributed by atoms with Gasteiger partial charge in [-0.3, -0.25) is 14.6 Å². The van der Waals surface area contributed by atoms with Crippen LogP contribution in [0, 0.1) is 5.82 Å². The van der Waals surface area contributed by atoms with Crippen molar-refractivity contribution in [2.75, 3.05) is 12.4 Å². The third-order valence-electron chi connectivity index (χ3n) is 3.82. The van der Waals surface area contributed by atoms with Gasteiger partial charge in [0.1, 0.15) is 11.7 Å². The summed E-state index contributed by atoms with van der Waals surface area (Å²) in [6.07, 6.45) is 0.0620. The van der Waals surface area contributed by atoms with Gasteiger partial charge in [-0.05, 0) is 35.4 Å². The molecule has 0 atom stereocenters. The van der Waals surface area contributed by atoms with Gasteiger partial charge in [-0.15, -0.1) is 0 Å². The minimum atomic E-state index is -0.487. The van der Waals surface area contributed by atoms with E-state index in [9.17, 15) is 14.0 Å². The zero-order chi connectivity index (χ0) is 21.6. The third-order valence-corrected chi connectivity index (χ3v) is 4.42. The van der Waals surface area contributed by atoms with Crippen LogP contribution in [0.1, 0.15) is 24.5 Å². The van der Waals surface area contributed by atoms with Crippen LogP contribution in [-0.2, 0) is 16.0 Å². The van der Waals surface area contributed by atoms with Gasteiger partial charge in [0.25, 0.3) is 5.91 Å². The molecule has 9 heteroatoms. The fourth-order valence-electron chi connectivity index (χ4n) is 2.57. The van der Waals surface area contributed by atoms with Crippen molar-refractivity contribution < 1.29 is 14.0 Å². The maximum Gasteiger partial charge on any atom is 0.253 e. The van der Waals surface area contributed by atoms with Crippen LogP contribution in [0.2, 0.25) is 10.0 Å². The Balaban J connectivity index is 2.09. The molecule has 0 unspecified atom stereocenters. The van der Waals surface area contributed by atoms with Crippen LogP contribution in [-0.4, -0.2) is 30.4 Å². The van der Waals surface area contributed by atoms with Crippen molar-refractivity contribution >= 4 is 52.3 Å². The van der Waals surface area contributed by atoms with Gasteiger partial charge in [0.15, 0.2) is 0 Å². The highest BCUT2D eigenvalue weighted by molar-refractivity contribution is 6.39. The molecule has 0 aliphatic carbocycles. The number of amides is 2. The summed E-state index contributed by atoms with van der Waals surface area (Å²) in [5, 5.41) is 3.04. The minimum absolute atomic E-state index is 0.0731. The zero-order valence-corrected chi connectivity index (χ0v) is 17.3. The highest BCUT2D eigenvalue weighted by Gasteiger charge is 2.13. The van der Waals surface area contributed by atoms with Crippen molar-refractivity contribution in [3.05, 3.63) is 63.4 Å². The molecular weight excluding hydrogens is 418 g/mol. The Morgan fingerprint density at radius 1 is 1.14 bits per heavy atom. The number of nitrogens with two attached hydrogens (primary N) is 1. The van der Waals surface area contributed by atoms with Crippen molar-refractivity contribution in [3.8, 4) is 0 Å². The molecule has 0 saturated heterocycles. The Morgan fingerprint density at radius 3 is 2.24 bits per heavy atom. The van der Waals surface area contributed by atoms with Gasteiger partial charge in [0.2, 0.25) is 5.91 Å². The summed E-state index contributed by atoms with van der Waals surface area (Å²) in [5.74, 6) is -1.09. The number of anilines is 1. The van der Waals surface area contributed by atoms with Crippen molar-refractivity contribution in [2.24, 2.45) is 15.7 Å². The quantitative estimate of drug-likeness (QED) is 0.528. The van der Waals surface area contributed by atoms with E-state index >= 15 is 0 Å². The molecule has 2 aromatic carbocycles. The fraction of sp³-hybridized carbons (Fsp3) is 0.200. The summed E-state index contributed by atoms with van der Waals surface area (Å²) in [6.45, 7) is 1.34. The molecule has 29 heavy (non-hydrogen) atoms. The van der Waals surface area contributed by atoms with Crippen LogP contribution in [0.3, 0.4) is 0 Å². The summed E-state index contributed by atoms with van der Waals surface area (Å²) < 4.78 is 13.1. The molecule has 6 nitrogen and oxygen atoms in total. The summed E-state index contributed by atoms with van der Waals surface area (Å²) in [6, 6.07) is 8.84. The number of hydrogen-bond acceptors (Lipinski definition) is 3. The van der Waals surface area contributed by atoms with E-state index in [-0.39, 0.29) is 40.4 Å². The van der Waals surface area contributed by atoms with E-state index in [4.69, 9.17) is 28.9 Å². The van der Waals surface area contributed by atoms with Crippen molar-refractivity contribution in [1.29, 1.82) is 0 Å². The molecule has 2 aromatic rings. The van der Waals surface area contributed by atoms with Crippen LogP contribution in [0.15, 0.2) is 46.4 Å². The molecule has 0 bridgehead atoms. The van der Waals surface area contributed by atoms with Gasteiger partial charge in [-0.2, -0.15) is 0 Å². The number of nitrogens with one attached hydrogen (secondary N) is 1. The largest absolute Gasteiger partial charge is 0.387 e. The Labute approximate surface area is 177 Å². The molecule has 152 valence electrons. The second-order valence-corrected chi connectivity index (χ2v) is 6.96. The average Bonchev–Trinajstić information content (AvgIpc) is 2.63. The van der Waals surface area contributed by atoms with E-state index in [0.717, 1.165) is 0 Å². The molecule has 2 amide bonds. The van der Waals surface area contributed by atoms with Crippen LogP contribution in [0.25, 0.3) is 0 Å². The zero-order valence-electron chi connectivity index (χ0n) is 15.8. The van der Waals surface area contributed by atoms with Crippen LogP contribution in [0.5, 0.6) is 0 Å². The van der Waals surface area contributed by atoms with Gasteiger partial charge in [-0.25, -0.2) is 9.38 Å². The number of halogens is 3. The molecule has 2 rings (SSSR count). The number of carbonyl (C=O) groups excluding carboxylic acids is 2. The molecule has 0 aromatic heterocycles. The van der Waals surface area contributed by atoms with E-state index < -0.39 is 5.91 Å². The smallest absolute Gasteiger partial charge is 0.253 e. The lowest BCUT2D eigenvalue weighted by Crippen LogP contribution is -2.19. The minimum Gasteiger partial charge on any atom is -0.387 e. The standard InChI is InChI=1S/C20H19Cl2FN4O2/c1-11(28)26-20-15(21)7-12(8-16(20)22)9-18(24)27-19(29)10-17(25-2)13-3-5-14(23)6-4-13/h3-8H,9-10H2,1-2H3,(H,26,28)(H2,24,27,29)/b25-17+. The van der Waals surface area contributed by atoms with Gasteiger partial charge < -0.3 is 11.1 Å². The maximum absolute atomic E-state index is 13.1. The summed E-state index contributed by atoms with van der Waals surface area (Å²) in [7, 11) is 1.54. The normalized spacial score (nSPS) is 12.0. The first kappa shape index (κ1) is 22.5. The predicted molar refractivity (Wildman–Crippen MR) is 115 cm³/mol. The van der Waals surface area contributed by atoms with E-state index in [1.807, 2.05) is 0 Å².